The molecule has 214 valence electrons. The first-order chi connectivity index (χ1) is 18.7. The standard InChI is InChI=1S/C23H27F2N7O4S.F2.H2/c1-4-10-37(34,35)32-9-8-31(29-23(32)36-3)19-7-6-15(11-17(19)25)12-26-21(33)20-18(5-2)28-22-27-13-16(24)14-30(20)22;1-2;/h6-7,11,13-14H,4-5,8-10,12H2,1-3H3,(H,26,33);;1H. The smallest absolute Gasteiger partial charge is 0.323 e. The third-order valence-electron chi connectivity index (χ3n) is 5.73. The van der Waals surface area contributed by atoms with Crippen LogP contribution in [-0.2, 0) is 27.7 Å². The summed E-state index contributed by atoms with van der Waals surface area (Å²) in [6.07, 6.45) is 3.04. The van der Waals surface area contributed by atoms with E-state index in [4.69, 9.17) is 13.9 Å². The number of nitrogens with zero attached hydrogens (tertiary/aromatic N) is 6. The van der Waals surface area contributed by atoms with Crippen molar-refractivity contribution in [2.45, 2.75) is 33.2 Å². The monoisotopic (exact) mass is 575 g/mol. The van der Waals surface area contributed by atoms with Gasteiger partial charge in [0, 0.05) is 17.1 Å². The predicted octanol–water partition coefficient (Wildman–Crippen LogP) is 3.37. The van der Waals surface area contributed by atoms with Gasteiger partial charge in [-0.2, -0.15) is 0 Å². The van der Waals surface area contributed by atoms with Crippen molar-refractivity contribution in [2.24, 2.45) is 5.10 Å². The van der Waals surface area contributed by atoms with Crippen molar-refractivity contribution in [3.05, 3.63) is 59.2 Å². The Balaban J connectivity index is 0.00000183. The Morgan fingerprint density at radius 3 is 2.59 bits per heavy atom. The van der Waals surface area contributed by atoms with Crippen LogP contribution >= 0.6 is 0 Å². The van der Waals surface area contributed by atoms with Gasteiger partial charge in [-0.05, 0) is 30.5 Å². The van der Waals surface area contributed by atoms with Gasteiger partial charge in [-0.1, -0.05) is 19.9 Å². The number of hydrazone groups is 1. The molecule has 39 heavy (non-hydrogen) atoms. The molecule has 0 aliphatic carbocycles. The summed E-state index contributed by atoms with van der Waals surface area (Å²) in [6.45, 7) is 3.76. The van der Waals surface area contributed by atoms with Crippen molar-refractivity contribution in [1.82, 2.24) is 24.0 Å². The number of aromatic nitrogens is 3. The molecule has 1 N–H and O–H groups in total. The normalized spacial score (nSPS) is 13.6. The molecule has 1 aromatic carbocycles. The van der Waals surface area contributed by atoms with Gasteiger partial charge in [-0.3, -0.25) is 14.2 Å². The molecule has 1 aliphatic heterocycles. The van der Waals surface area contributed by atoms with Crippen molar-refractivity contribution in [3.63, 3.8) is 0 Å². The Morgan fingerprint density at radius 2 is 1.95 bits per heavy atom. The first-order valence-corrected chi connectivity index (χ1v) is 13.4. The molecule has 0 saturated heterocycles. The zero-order valence-electron chi connectivity index (χ0n) is 21.4. The number of amides is 1. The first-order valence-electron chi connectivity index (χ1n) is 11.8. The van der Waals surface area contributed by atoms with Gasteiger partial charge in [0.1, 0.15) is 11.5 Å². The average molecular weight is 576 g/mol. The van der Waals surface area contributed by atoms with E-state index in [9.17, 15) is 17.6 Å². The number of ether oxygens (including phenoxy) is 1. The molecule has 1 aliphatic rings. The Bertz CT molecular complexity index is 1470. The molecule has 0 atom stereocenters. The summed E-state index contributed by atoms with van der Waals surface area (Å²) in [6, 6.07) is 4.24. The van der Waals surface area contributed by atoms with Gasteiger partial charge in [-0.15, -0.1) is 5.10 Å². The lowest BCUT2D eigenvalue weighted by molar-refractivity contribution is 0.0944. The topological polar surface area (TPSA) is 122 Å². The zero-order valence-corrected chi connectivity index (χ0v) is 22.2. The fourth-order valence-electron chi connectivity index (χ4n) is 4.01. The lowest BCUT2D eigenvalue weighted by atomic mass is 10.1. The van der Waals surface area contributed by atoms with E-state index in [0.29, 0.717) is 24.1 Å². The molecule has 11 nitrogen and oxygen atoms in total. The van der Waals surface area contributed by atoms with E-state index in [-0.39, 0.29) is 50.0 Å². The number of carbonyl (C=O) groups is 1. The maximum absolute atomic E-state index is 15.0. The Kier molecular flexibility index (Phi) is 9.66. The van der Waals surface area contributed by atoms with Crippen LogP contribution in [0, 0.1) is 11.6 Å². The van der Waals surface area contributed by atoms with Crippen LogP contribution in [0.25, 0.3) is 5.78 Å². The molecule has 1 amide bonds. The van der Waals surface area contributed by atoms with E-state index >= 15 is 4.39 Å². The number of nitrogens with one attached hydrogen (secondary N) is 1. The number of sulfonamides is 1. The largest absolute Gasteiger partial charge is 0.467 e. The van der Waals surface area contributed by atoms with Crippen molar-refractivity contribution in [3.8, 4) is 0 Å². The van der Waals surface area contributed by atoms with Crippen LogP contribution in [0.2, 0.25) is 0 Å². The summed E-state index contributed by atoms with van der Waals surface area (Å²) < 4.78 is 77.2. The third-order valence-corrected chi connectivity index (χ3v) is 7.66. The van der Waals surface area contributed by atoms with Gasteiger partial charge in [0.2, 0.25) is 15.8 Å². The van der Waals surface area contributed by atoms with Gasteiger partial charge in [0.25, 0.3) is 5.91 Å². The van der Waals surface area contributed by atoms with Gasteiger partial charge < -0.3 is 10.1 Å². The second kappa shape index (κ2) is 12.7. The summed E-state index contributed by atoms with van der Waals surface area (Å²) in [5, 5.41) is 8.22. The highest BCUT2D eigenvalue weighted by molar-refractivity contribution is 7.89. The fourth-order valence-corrected chi connectivity index (χ4v) is 5.45. The molecule has 3 heterocycles. The number of methoxy groups -OCH3 is 1. The number of benzene rings is 1. The third kappa shape index (κ3) is 6.38. The van der Waals surface area contributed by atoms with Crippen LogP contribution in [0.4, 0.5) is 23.6 Å². The molecule has 0 radical (unpaired) electrons. The van der Waals surface area contributed by atoms with Crippen molar-refractivity contribution >= 4 is 33.4 Å². The zero-order chi connectivity index (χ0) is 28.7. The van der Waals surface area contributed by atoms with Gasteiger partial charge >= 0.3 is 6.02 Å². The van der Waals surface area contributed by atoms with Crippen LogP contribution in [0.3, 0.4) is 0 Å². The lowest BCUT2D eigenvalue weighted by Gasteiger charge is -2.32. The number of anilines is 1. The summed E-state index contributed by atoms with van der Waals surface area (Å²) in [7, 11) is -2.28. The minimum absolute atomic E-state index is 0. The molecule has 4 rings (SSSR count). The summed E-state index contributed by atoms with van der Waals surface area (Å²) in [5.41, 5.74) is 1.24. The number of amidine groups is 1. The molecular weight excluding hydrogens is 546 g/mol. The van der Waals surface area contributed by atoms with E-state index in [2.05, 4.69) is 20.4 Å². The minimum Gasteiger partial charge on any atom is -0.467 e. The number of halogens is 4. The molecule has 0 unspecified atom stereocenters. The summed E-state index contributed by atoms with van der Waals surface area (Å²) in [5.74, 6) is -1.56. The summed E-state index contributed by atoms with van der Waals surface area (Å²) in [4.78, 5) is 21.1. The van der Waals surface area contributed by atoms with Crippen LogP contribution in [-0.4, -0.2) is 65.0 Å². The van der Waals surface area contributed by atoms with Gasteiger partial charge in [0.05, 0.1) is 49.7 Å². The Labute approximate surface area is 223 Å². The predicted molar refractivity (Wildman–Crippen MR) is 137 cm³/mol. The quantitative estimate of drug-likeness (QED) is 0.409. The highest BCUT2D eigenvalue weighted by atomic mass is 32.2. The molecule has 0 fully saturated rings. The van der Waals surface area contributed by atoms with Crippen LogP contribution in [0.5, 0.6) is 0 Å². The van der Waals surface area contributed by atoms with Crippen LogP contribution < -0.4 is 10.3 Å². The van der Waals surface area contributed by atoms with Crippen molar-refractivity contribution in [2.75, 3.05) is 31.0 Å². The maximum Gasteiger partial charge on any atom is 0.323 e. The van der Waals surface area contributed by atoms with E-state index in [1.807, 2.05) is 6.92 Å². The number of carbonyl (C=O) groups excluding carboxylic acids is 1. The molecule has 3 aromatic rings. The SMILES string of the molecule is CCCS(=O)(=O)N1CCN(c2ccc(CNC(=O)c3c(CC)nc4ncc(F)cn34)cc2F)N=C1OC.FF.[HH]. The molecule has 0 bridgehead atoms. The van der Waals surface area contributed by atoms with Crippen molar-refractivity contribution in [1.29, 1.82) is 0 Å². The Morgan fingerprint density at radius 1 is 1.21 bits per heavy atom. The second-order valence-electron chi connectivity index (χ2n) is 8.27. The van der Waals surface area contributed by atoms with E-state index < -0.39 is 27.6 Å². The Hall–Kier alpha value is -3.95. The molecular formula is C23H29F4N7O4S. The number of hydrogen-bond donors (Lipinski definition) is 1. The van der Waals surface area contributed by atoms with Gasteiger partial charge in [-0.25, -0.2) is 31.5 Å². The first kappa shape index (κ1) is 29.6. The number of aryl methyl sites for hydroxylation is 1. The number of imidazole rings is 1. The lowest BCUT2D eigenvalue weighted by Crippen LogP contribution is -2.48. The summed E-state index contributed by atoms with van der Waals surface area (Å²) >= 11 is 0. The molecule has 0 saturated carbocycles. The van der Waals surface area contributed by atoms with E-state index in [0.717, 1.165) is 16.7 Å². The van der Waals surface area contributed by atoms with Crippen molar-refractivity contribution < 1.29 is 37.3 Å². The van der Waals surface area contributed by atoms with Crippen LogP contribution in [0.15, 0.2) is 35.7 Å². The molecule has 0 spiro atoms. The van der Waals surface area contributed by atoms with Crippen LogP contribution in [0.1, 0.15) is 43.4 Å². The maximum atomic E-state index is 15.0. The number of hydrogen-bond acceptors (Lipinski definition) is 8. The molecule has 16 heteroatoms. The number of fused-ring (bicyclic) bond motifs is 1. The highest BCUT2D eigenvalue weighted by Crippen LogP contribution is 2.24. The van der Waals surface area contributed by atoms with E-state index in [1.165, 1.54) is 28.7 Å². The minimum atomic E-state index is -3.59. The van der Waals surface area contributed by atoms with E-state index in [1.54, 1.807) is 13.0 Å². The highest BCUT2D eigenvalue weighted by Gasteiger charge is 2.31. The molecule has 2 aromatic heterocycles. The van der Waals surface area contributed by atoms with Gasteiger partial charge in [0.15, 0.2) is 5.82 Å². The number of rotatable bonds is 8. The second-order valence-corrected chi connectivity index (χ2v) is 10.3. The fraction of sp³-hybridized carbons (Fsp3) is 0.391. The average Bonchev–Trinajstić information content (AvgIpc) is 3.30.